The van der Waals surface area contributed by atoms with Crippen LogP contribution in [0.3, 0.4) is 0 Å². The Kier molecular flexibility index (Phi) is 8.49. The first-order valence-corrected chi connectivity index (χ1v) is 15.4. The summed E-state index contributed by atoms with van der Waals surface area (Å²) in [5, 5.41) is 0.872. The van der Waals surface area contributed by atoms with E-state index in [-0.39, 0.29) is 10.8 Å². The number of halogens is 1. The lowest BCUT2D eigenvalue weighted by Gasteiger charge is -2.20. The summed E-state index contributed by atoms with van der Waals surface area (Å²) in [6, 6.07) is 40.0. The normalized spacial score (nSPS) is 12.0. The highest BCUT2D eigenvalue weighted by Crippen LogP contribution is 2.34. The summed E-state index contributed by atoms with van der Waals surface area (Å²) in [7, 11) is 0. The van der Waals surface area contributed by atoms with E-state index in [1.54, 1.807) is 0 Å². The Bertz CT molecular complexity index is 1550. The lowest BCUT2D eigenvalue weighted by Crippen LogP contribution is -2.10. The molecule has 5 rings (SSSR count). The van der Waals surface area contributed by atoms with E-state index in [4.69, 9.17) is 11.6 Å². The zero-order chi connectivity index (χ0) is 30.1. The van der Waals surface area contributed by atoms with Gasteiger partial charge in [0.15, 0.2) is 0 Å². The van der Waals surface area contributed by atoms with Crippen LogP contribution >= 0.6 is 11.6 Å². The minimum Gasteiger partial charge on any atom is -0.0837 e. The number of aryl methyl sites for hydroxylation is 1. The van der Waals surface area contributed by atoms with Crippen LogP contribution in [0.25, 0.3) is 22.3 Å². The minimum absolute atomic E-state index is 0.137. The van der Waals surface area contributed by atoms with E-state index < -0.39 is 0 Å². The molecule has 0 fully saturated rings. The molecule has 0 aliphatic carbocycles. The number of hydrogen-bond donors (Lipinski definition) is 0. The highest BCUT2D eigenvalue weighted by atomic mass is 35.5. The van der Waals surface area contributed by atoms with Crippen LogP contribution < -0.4 is 0 Å². The molecular weight excluding hydrogens is 528 g/mol. The van der Waals surface area contributed by atoms with E-state index in [2.05, 4.69) is 158 Å². The van der Waals surface area contributed by atoms with Crippen LogP contribution in [0.4, 0.5) is 0 Å². The van der Waals surface area contributed by atoms with Gasteiger partial charge in [-0.3, -0.25) is 0 Å². The smallest absolute Gasteiger partial charge is 0.0476 e. The lowest BCUT2D eigenvalue weighted by atomic mass is 9.85. The van der Waals surface area contributed by atoms with Crippen LogP contribution in [0.15, 0.2) is 109 Å². The Morgan fingerprint density at radius 3 is 1.19 bits per heavy atom. The predicted molar refractivity (Wildman–Crippen MR) is 183 cm³/mol. The van der Waals surface area contributed by atoms with Crippen LogP contribution in [0.2, 0.25) is 5.02 Å². The van der Waals surface area contributed by atoms with Crippen molar-refractivity contribution < 1.29 is 0 Å². The van der Waals surface area contributed by atoms with E-state index >= 15 is 0 Å². The molecule has 5 aromatic carbocycles. The molecule has 0 aliphatic heterocycles. The third kappa shape index (κ3) is 6.71. The molecule has 0 saturated carbocycles. The van der Waals surface area contributed by atoms with Gasteiger partial charge in [0.25, 0.3) is 0 Å². The molecule has 0 spiro atoms. The second-order valence-electron chi connectivity index (χ2n) is 13.7. The summed E-state index contributed by atoms with van der Waals surface area (Å²) in [5.41, 5.74) is 14.2. The first-order valence-electron chi connectivity index (χ1n) is 15.1. The second kappa shape index (κ2) is 11.9. The fourth-order valence-corrected chi connectivity index (χ4v) is 6.05. The van der Waals surface area contributed by atoms with Crippen molar-refractivity contribution in [2.24, 2.45) is 0 Å². The maximum atomic E-state index is 7.22. The number of benzene rings is 5. The third-order valence-corrected chi connectivity index (χ3v) is 8.77. The summed E-state index contributed by atoms with van der Waals surface area (Å²) in [5.74, 6) is 0. The van der Waals surface area contributed by atoms with Gasteiger partial charge in [0.2, 0.25) is 0 Å². The van der Waals surface area contributed by atoms with Crippen molar-refractivity contribution in [2.45, 2.75) is 72.1 Å². The molecule has 0 amide bonds. The third-order valence-electron chi connectivity index (χ3n) is 8.29. The summed E-state index contributed by atoms with van der Waals surface area (Å²) in [4.78, 5) is 0. The van der Waals surface area contributed by atoms with Gasteiger partial charge in [-0.25, -0.2) is 0 Å². The van der Waals surface area contributed by atoms with Crippen molar-refractivity contribution in [3.05, 3.63) is 153 Å². The largest absolute Gasteiger partial charge is 0.0837 e. The van der Waals surface area contributed by atoms with Crippen molar-refractivity contribution in [1.29, 1.82) is 0 Å². The van der Waals surface area contributed by atoms with Gasteiger partial charge in [-0.1, -0.05) is 168 Å². The SMILES string of the molecule is Cc1cc(Cc2ccccc2-c2ccc(C(C)(C)C)cc2)c(Cl)c(Cc2ccccc2-c2ccc(C(C)(C)C)cc2)c1. The van der Waals surface area contributed by atoms with Crippen LogP contribution in [0.5, 0.6) is 0 Å². The van der Waals surface area contributed by atoms with E-state index in [0.29, 0.717) is 0 Å². The Labute approximate surface area is 258 Å². The Morgan fingerprint density at radius 2 is 0.833 bits per heavy atom. The van der Waals surface area contributed by atoms with Crippen molar-refractivity contribution >= 4 is 11.6 Å². The monoisotopic (exact) mass is 570 g/mol. The van der Waals surface area contributed by atoms with Crippen molar-refractivity contribution in [1.82, 2.24) is 0 Å². The molecule has 42 heavy (non-hydrogen) atoms. The standard InChI is InChI=1S/C41H43Cl/c1-28-24-33(26-31-12-8-10-14-37(31)29-16-20-35(21-17-29)40(2,3)4)39(42)34(25-28)27-32-13-9-11-15-38(32)30-18-22-36(23-19-30)41(5,6)7/h8-25H,26-27H2,1-7H3. The first-order chi connectivity index (χ1) is 19.9. The van der Waals surface area contributed by atoms with Gasteiger partial charge >= 0.3 is 0 Å². The van der Waals surface area contributed by atoms with E-state index in [0.717, 1.165) is 17.9 Å². The second-order valence-corrected chi connectivity index (χ2v) is 14.1. The van der Waals surface area contributed by atoms with Gasteiger partial charge < -0.3 is 0 Å². The quantitative estimate of drug-likeness (QED) is 0.190. The number of hydrogen-bond acceptors (Lipinski definition) is 0. The lowest BCUT2D eigenvalue weighted by molar-refractivity contribution is 0.590. The summed E-state index contributed by atoms with van der Waals surface area (Å²) in [6.45, 7) is 15.7. The molecular formula is C41H43Cl. The van der Waals surface area contributed by atoms with E-state index in [1.165, 1.54) is 61.2 Å². The van der Waals surface area contributed by atoms with Gasteiger partial charge in [-0.05, 0) is 86.2 Å². The molecule has 0 aliphatic rings. The van der Waals surface area contributed by atoms with Crippen molar-refractivity contribution in [2.75, 3.05) is 0 Å². The van der Waals surface area contributed by atoms with Gasteiger partial charge in [0.05, 0.1) is 0 Å². The molecule has 0 aromatic heterocycles. The molecule has 0 bridgehead atoms. The zero-order valence-electron chi connectivity index (χ0n) is 26.2. The maximum Gasteiger partial charge on any atom is 0.0476 e. The van der Waals surface area contributed by atoms with E-state index in [9.17, 15) is 0 Å². The van der Waals surface area contributed by atoms with E-state index in [1.807, 2.05) is 0 Å². The molecule has 0 heterocycles. The Hall–Kier alpha value is -3.61. The molecule has 0 nitrogen and oxygen atoms in total. The summed E-state index contributed by atoms with van der Waals surface area (Å²) < 4.78 is 0. The van der Waals surface area contributed by atoms with Gasteiger partial charge in [0, 0.05) is 5.02 Å². The van der Waals surface area contributed by atoms with Crippen molar-refractivity contribution in [3.8, 4) is 22.3 Å². The van der Waals surface area contributed by atoms with Crippen LogP contribution in [0.1, 0.15) is 80.5 Å². The van der Waals surface area contributed by atoms with Crippen LogP contribution in [-0.2, 0) is 23.7 Å². The molecule has 0 atom stereocenters. The number of rotatable bonds is 6. The molecule has 0 radical (unpaired) electrons. The van der Waals surface area contributed by atoms with Gasteiger partial charge in [0.1, 0.15) is 0 Å². The van der Waals surface area contributed by atoms with Crippen molar-refractivity contribution in [3.63, 3.8) is 0 Å². The fraction of sp³-hybridized carbons (Fsp3) is 0.268. The first kappa shape index (κ1) is 29.9. The summed E-state index contributed by atoms with van der Waals surface area (Å²) >= 11 is 7.22. The molecule has 0 unspecified atom stereocenters. The zero-order valence-corrected chi connectivity index (χ0v) is 26.9. The average Bonchev–Trinajstić information content (AvgIpc) is 2.95. The molecule has 214 valence electrons. The minimum atomic E-state index is 0.137. The summed E-state index contributed by atoms with van der Waals surface area (Å²) in [6.07, 6.45) is 1.58. The van der Waals surface area contributed by atoms with Crippen LogP contribution in [0, 0.1) is 6.92 Å². The average molecular weight is 571 g/mol. The molecule has 0 saturated heterocycles. The fourth-order valence-electron chi connectivity index (χ4n) is 5.80. The Balaban J connectivity index is 1.46. The molecule has 1 heteroatoms. The highest BCUT2D eigenvalue weighted by molar-refractivity contribution is 6.32. The maximum absolute atomic E-state index is 7.22. The predicted octanol–water partition coefficient (Wildman–Crippen LogP) is 11.8. The van der Waals surface area contributed by atoms with Gasteiger partial charge in [-0.2, -0.15) is 0 Å². The van der Waals surface area contributed by atoms with Crippen LogP contribution in [-0.4, -0.2) is 0 Å². The molecule has 0 N–H and O–H groups in total. The topological polar surface area (TPSA) is 0 Å². The highest BCUT2D eigenvalue weighted by Gasteiger charge is 2.17. The molecule has 5 aromatic rings. The van der Waals surface area contributed by atoms with Gasteiger partial charge in [-0.15, -0.1) is 0 Å². The Morgan fingerprint density at radius 1 is 0.476 bits per heavy atom.